The van der Waals surface area contributed by atoms with E-state index in [-0.39, 0.29) is 5.91 Å². The fourth-order valence-electron chi connectivity index (χ4n) is 1.00. The third-order valence-corrected chi connectivity index (χ3v) is 1.55. The van der Waals surface area contributed by atoms with E-state index >= 15 is 0 Å². The van der Waals surface area contributed by atoms with Crippen LogP contribution in [0.2, 0.25) is 0 Å². The van der Waals surface area contributed by atoms with Crippen LogP contribution in [0.4, 0.5) is 0 Å². The first kappa shape index (κ1) is 6.91. The number of hydrogen-bond acceptors (Lipinski definition) is 2. The minimum absolute atomic E-state index is 0.283. The van der Waals surface area contributed by atoms with Crippen molar-refractivity contribution in [2.24, 2.45) is 9.98 Å². The molecule has 58 valence electrons. The SMILES string of the molecule is O=C1C=NC(c2ccccc2)=N1. The third-order valence-electron chi connectivity index (χ3n) is 1.55. The van der Waals surface area contributed by atoms with Crippen molar-refractivity contribution in [3.8, 4) is 0 Å². The molecule has 0 aromatic heterocycles. The lowest BCUT2D eigenvalue weighted by molar-refractivity contribution is -0.111. The molecule has 0 fully saturated rings. The van der Waals surface area contributed by atoms with Crippen molar-refractivity contribution in [3.05, 3.63) is 35.9 Å². The quantitative estimate of drug-likeness (QED) is 0.602. The van der Waals surface area contributed by atoms with Crippen LogP contribution in [-0.4, -0.2) is 18.0 Å². The van der Waals surface area contributed by atoms with Gasteiger partial charge in [-0.15, -0.1) is 0 Å². The largest absolute Gasteiger partial charge is 0.290 e. The predicted octanol–water partition coefficient (Wildman–Crippen LogP) is 1.04. The topological polar surface area (TPSA) is 41.8 Å². The van der Waals surface area contributed by atoms with Crippen molar-refractivity contribution < 1.29 is 4.79 Å². The molecule has 0 saturated carbocycles. The van der Waals surface area contributed by atoms with Gasteiger partial charge in [0.15, 0.2) is 5.84 Å². The Hall–Kier alpha value is -1.77. The lowest BCUT2D eigenvalue weighted by atomic mass is 10.2. The molecule has 0 unspecified atom stereocenters. The van der Waals surface area contributed by atoms with Crippen LogP contribution < -0.4 is 0 Å². The zero-order valence-electron chi connectivity index (χ0n) is 6.27. The van der Waals surface area contributed by atoms with Crippen molar-refractivity contribution in [1.82, 2.24) is 0 Å². The van der Waals surface area contributed by atoms with Gasteiger partial charge < -0.3 is 0 Å². The number of hydrogen-bond donors (Lipinski definition) is 0. The predicted molar refractivity (Wildman–Crippen MR) is 46.5 cm³/mol. The second kappa shape index (κ2) is 2.70. The van der Waals surface area contributed by atoms with Crippen LogP contribution in [0.1, 0.15) is 5.56 Å². The highest BCUT2D eigenvalue weighted by Crippen LogP contribution is 2.04. The average molecular weight is 158 g/mol. The van der Waals surface area contributed by atoms with E-state index in [1.165, 1.54) is 6.21 Å². The molecule has 0 saturated heterocycles. The summed E-state index contributed by atoms with van der Waals surface area (Å²) in [6.45, 7) is 0. The molecule has 1 aromatic rings. The van der Waals surface area contributed by atoms with E-state index in [2.05, 4.69) is 9.98 Å². The van der Waals surface area contributed by atoms with Gasteiger partial charge in [-0.2, -0.15) is 4.99 Å². The zero-order valence-corrected chi connectivity index (χ0v) is 6.27. The average Bonchev–Trinajstić information content (AvgIpc) is 2.54. The molecule has 0 atom stereocenters. The standard InChI is InChI=1S/C9H6N2O/c12-8-6-10-9(11-8)7-4-2-1-3-5-7/h1-6H. The van der Waals surface area contributed by atoms with Crippen molar-refractivity contribution in [2.45, 2.75) is 0 Å². The van der Waals surface area contributed by atoms with E-state index in [9.17, 15) is 4.79 Å². The molecule has 0 bridgehead atoms. The number of amides is 1. The Labute approximate surface area is 69.5 Å². The summed E-state index contributed by atoms with van der Waals surface area (Å²) in [4.78, 5) is 18.3. The van der Waals surface area contributed by atoms with Crippen LogP contribution in [0.15, 0.2) is 40.3 Å². The molecule has 2 rings (SSSR count). The molecule has 3 nitrogen and oxygen atoms in total. The third kappa shape index (κ3) is 1.16. The number of benzene rings is 1. The van der Waals surface area contributed by atoms with Crippen LogP contribution in [0.5, 0.6) is 0 Å². The number of carbonyl (C=O) groups is 1. The van der Waals surface area contributed by atoms with E-state index < -0.39 is 0 Å². The van der Waals surface area contributed by atoms with Gasteiger partial charge in [0, 0.05) is 5.56 Å². The lowest BCUT2D eigenvalue weighted by Crippen LogP contribution is -1.93. The van der Waals surface area contributed by atoms with Crippen LogP contribution in [0.25, 0.3) is 0 Å². The van der Waals surface area contributed by atoms with E-state index in [1.54, 1.807) is 0 Å². The summed E-state index contributed by atoms with van der Waals surface area (Å²) in [5, 5.41) is 0. The van der Waals surface area contributed by atoms with Crippen LogP contribution >= 0.6 is 0 Å². The van der Waals surface area contributed by atoms with Gasteiger partial charge in [0.25, 0.3) is 5.91 Å². The fraction of sp³-hybridized carbons (Fsp3) is 0. The Kier molecular flexibility index (Phi) is 1.55. The fourth-order valence-corrected chi connectivity index (χ4v) is 1.00. The highest BCUT2D eigenvalue weighted by atomic mass is 16.1. The van der Waals surface area contributed by atoms with Crippen LogP contribution in [-0.2, 0) is 4.79 Å². The summed E-state index contributed by atoms with van der Waals surface area (Å²) < 4.78 is 0. The van der Waals surface area contributed by atoms with Gasteiger partial charge in [0.05, 0.1) is 6.21 Å². The summed E-state index contributed by atoms with van der Waals surface area (Å²) in [6.07, 6.45) is 1.22. The number of aliphatic imine (C=N–C) groups is 2. The van der Waals surface area contributed by atoms with Gasteiger partial charge in [-0.25, -0.2) is 4.99 Å². The number of nitrogens with zero attached hydrogens (tertiary/aromatic N) is 2. The summed E-state index contributed by atoms with van der Waals surface area (Å²) in [7, 11) is 0. The first-order chi connectivity index (χ1) is 5.86. The summed E-state index contributed by atoms with van der Waals surface area (Å²) in [6, 6.07) is 9.42. The summed E-state index contributed by atoms with van der Waals surface area (Å²) >= 11 is 0. The minimum atomic E-state index is -0.283. The molecule has 0 radical (unpaired) electrons. The molecular formula is C9H6N2O. The maximum atomic E-state index is 10.7. The van der Waals surface area contributed by atoms with Crippen molar-refractivity contribution in [3.63, 3.8) is 0 Å². The lowest BCUT2D eigenvalue weighted by Gasteiger charge is -1.93. The Morgan fingerprint density at radius 1 is 1.08 bits per heavy atom. The van der Waals surface area contributed by atoms with Crippen LogP contribution in [0, 0.1) is 0 Å². The first-order valence-corrected chi connectivity index (χ1v) is 3.58. The van der Waals surface area contributed by atoms with Gasteiger partial charge in [-0.1, -0.05) is 30.3 Å². The monoisotopic (exact) mass is 158 g/mol. The Balaban J connectivity index is 2.40. The molecular weight excluding hydrogens is 152 g/mol. The number of rotatable bonds is 1. The minimum Gasteiger partial charge on any atom is -0.266 e. The molecule has 1 aromatic carbocycles. The van der Waals surface area contributed by atoms with Crippen molar-refractivity contribution in [1.29, 1.82) is 0 Å². The zero-order chi connectivity index (χ0) is 8.39. The van der Waals surface area contributed by atoms with Crippen molar-refractivity contribution >= 4 is 18.0 Å². The molecule has 1 heterocycles. The van der Waals surface area contributed by atoms with E-state index in [1.807, 2.05) is 30.3 Å². The van der Waals surface area contributed by atoms with Gasteiger partial charge >= 0.3 is 0 Å². The summed E-state index contributed by atoms with van der Waals surface area (Å²) in [5.41, 5.74) is 0.875. The van der Waals surface area contributed by atoms with Crippen molar-refractivity contribution in [2.75, 3.05) is 0 Å². The molecule has 1 aliphatic heterocycles. The molecule has 0 spiro atoms. The Bertz CT molecular complexity index is 365. The Morgan fingerprint density at radius 2 is 1.83 bits per heavy atom. The molecule has 1 amide bonds. The highest BCUT2D eigenvalue weighted by Gasteiger charge is 2.08. The maximum absolute atomic E-state index is 10.7. The number of carbonyl (C=O) groups excluding carboxylic acids is 1. The second-order valence-corrected chi connectivity index (χ2v) is 2.40. The van der Waals surface area contributed by atoms with E-state index in [0.717, 1.165) is 5.56 Å². The first-order valence-electron chi connectivity index (χ1n) is 3.58. The molecule has 12 heavy (non-hydrogen) atoms. The van der Waals surface area contributed by atoms with E-state index in [4.69, 9.17) is 0 Å². The Morgan fingerprint density at radius 3 is 2.42 bits per heavy atom. The van der Waals surface area contributed by atoms with Gasteiger partial charge in [0.1, 0.15) is 0 Å². The molecule has 3 heteroatoms. The second-order valence-electron chi connectivity index (χ2n) is 2.40. The number of amidine groups is 1. The van der Waals surface area contributed by atoms with Gasteiger partial charge in [0.2, 0.25) is 0 Å². The normalized spacial score (nSPS) is 15.0. The molecule has 0 N–H and O–H groups in total. The van der Waals surface area contributed by atoms with Gasteiger partial charge in [-0.05, 0) is 0 Å². The smallest absolute Gasteiger partial charge is 0.266 e. The highest BCUT2D eigenvalue weighted by molar-refractivity contribution is 6.36. The molecule has 1 aliphatic rings. The van der Waals surface area contributed by atoms with E-state index in [0.29, 0.717) is 5.84 Å². The maximum Gasteiger partial charge on any atom is 0.290 e. The summed E-state index contributed by atoms with van der Waals surface area (Å²) in [5.74, 6) is 0.217. The molecule has 0 aliphatic carbocycles. The van der Waals surface area contributed by atoms with Gasteiger partial charge in [-0.3, -0.25) is 4.79 Å². The van der Waals surface area contributed by atoms with Crippen LogP contribution in [0.3, 0.4) is 0 Å².